The first kappa shape index (κ1) is 24.0. The number of hydrogen-bond acceptors (Lipinski definition) is 5. The van der Waals surface area contributed by atoms with Gasteiger partial charge in [0.05, 0.1) is 12.1 Å². The second kappa shape index (κ2) is 9.37. The molecule has 0 bridgehead atoms. The van der Waals surface area contributed by atoms with Crippen LogP contribution in [0.15, 0.2) is 54.6 Å². The molecule has 9 nitrogen and oxygen atoms in total. The number of aromatic nitrogens is 4. The first-order chi connectivity index (χ1) is 17.2. The van der Waals surface area contributed by atoms with Crippen molar-refractivity contribution in [2.75, 3.05) is 16.8 Å². The normalized spacial score (nSPS) is 22.3. The molecular formula is C27H33N7O2. The third-order valence-electron chi connectivity index (χ3n) is 7.82. The van der Waals surface area contributed by atoms with Gasteiger partial charge in [-0.2, -0.15) is 5.21 Å². The van der Waals surface area contributed by atoms with E-state index in [4.69, 9.17) is 0 Å². The molecule has 1 spiro atoms. The van der Waals surface area contributed by atoms with Gasteiger partial charge in [0.15, 0.2) is 0 Å². The average molecular weight is 488 g/mol. The van der Waals surface area contributed by atoms with Crippen molar-refractivity contribution < 1.29 is 9.59 Å². The van der Waals surface area contributed by atoms with Crippen molar-refractivity contribution in [2.24, 2.45) is 11.3 Å². The number of urea groups is 1. The summed E-state index contributed by atoms with van der Waals surface area (Å²) in [6.45, 7) is 8.17. The van der Waals surface area contributed by atoms with Crippen LogP contribution in [-0.2, 0) is 6.54 Å². The second-order valence-corrected chi connectivity index (χ2v) is 11.0. The van der Waals surface area contributed by atoms with E-state index in [1.165, 1.54) is 0 Å². The third-order valence-corrected chi connectivity index (χ3v) is 7.82. The fraction of sp³-hybridized carbons (Fsp3) is 0.444. The van der Waals surface area contributed by atoms with Crippen molar-refractivity contribution in [2.45, 2.75) is 58.5 Å². The topological polar surface area (TPSA) is 107 Å². The standard InChI is InChI=1S/C27H33N7O2/c1-26(2,3)21-13-15-27(16-14-21)18-33(22-7-5-4-6-8-22)25(36)34(27)17-19-9-11-20(12-10-19)23(35)28-24-29-31-32-30-24/h4-12,21H,13-18H2,1-3H3,(H2,28,29,30,31,32,35). The number of benzene rings is 2. The van der Waals surface area contributed by atoms with Crippen LogP contribution >= 0.6 is 0 Å². The van der Waals surface area contributed by atoms with E-state index in [1.807, 2.05) is 47.4 Å². The van der Waals surface area contributed by atoms with Crippen LogP contribution in [0, 0.1) is 11.3 Å². The second-order valence-electron chi connectivity index (χ2n) is 11.0. The maximum absolute atomic E-state index is 13.8. The molecule has 2 heterocycles. The summed E-state index contributed by atoms with van der Waals surface area (Å²) in [6, 6.07) is 17.4. The van der Waals surface area contributed by atoms with Gasteiger partial charge in [0.1, 0.15) is 0 Å². The van der Waals surface area contributed by atoms with Gasteiger partial charge in [-0.1, -0.05) is 56.2 Å². The third kappa shape index (κ3) is 4.69. The number of hydrogen-bond donors (Lipinski definition) is 2. The molecule has 2 aromatic carbocycles. The molecule has 0 atom stereocenters. The van der Waals surface area contributed by atoms with E-state index in [0.29, 0.717) is 24.6 Å². The maximum atomic E-state index is 13.8. The fourth-order valence-electron chi connectivity index (χ4n) is 5.62. The van der Waals surface area contributed by atoms with Gasteiger partial charge in [0.2, 0.25) is 0 Å². The van der Waals surface area contributed by atoms with Crippen molar-refractivity contribution in [3.63, 3.8) is 0 Å². The van der Waals surface area contributed by atoms with Crippen LogP contribution in [-0.4, -0.2) is 49.5 Å². The molecule has 1 saturated heterocycles. The number of anilines is 2. The summed E-state index contributed by atoms with van der Waals surface area (Å²) in [5.74, 6) is 0.468. The number of para-hydroxylation sites is 1. The highest BCUT2D eigenvalue weighted by Gasteiger charge is 2.52. The predicted octanol–water partition coefficient (Wildman–Crippen LogP) is 4.87. The van der Waals surface area contributed by atoms with Gasteiger partial charge >= 0.3 is 6.03 Å². The lowest BCUT2D eigenvalue weighted by molar-refractivity contribution is 0.0631. The number of carbonyl (C=O) groups excluding carboxylic acids is 2. The number of carbonyl (C=O) groups is 2. The molecule has 1 aromatic heterocycles. The van der Waals surface area contributed by atoms with E-state index >= 15 is 0 Å². The first-order valence-electron chi connectivity index (χ1n) is 12.5. The van der Waals surface area contributed by atoms with Gasteiger partial charge in [0, 0.05) is 17.8 Å². The SMILES string of the molecule is CC(C)(C)C1CCC2(CC1)CN(c1ccccc1)C(=O)N2Cc1ccc(C(=O)Nc2nn[nH]n2)cc1. The number of rotatable bonds is 5. The van der Waals surface area contributed by atoms with E-state index in [2.05, 4.69) is 51.6 Å². The minimum absolute atomic E-state index is 0.0503. The van der Waals surface area contributed by atoms with E-state index in [9.17, 15) is 9.59 Å². The van der Waals surface area contributed by atoms with Crippen LogP contribution < -0.4 is 10.2 Å². The zero-order valence-electron chi connectivity index (χ0n) is 21.1. The Morgan fingerprint density at radius 1 is 1.08 bits per heavy atom. The monoisotopic (exact) mass is 487 g/mol. The minimum atomic E-state index is -0.313. The van der Waals surface area contributed by atoms with Crippen LogP contribution in [0.3, 0.4) is 0 Å². The lowest BCUT2D eigenvalue weighted by atomic mass is 9.67. The summed E-state index contributed by atoms with van der Waals surface area (Å²) < 4.78 is 0. The van der Waals surface area contributed by atoms with Gasteiger partial charge in [-0.05, 0) is 72.1 Å². The van der Waals surface area contributed by atoms with Gasteiger partial charge in [0.25, 0.3) is 11.9 Å². The number of nitrogens with one attached hydrogen (secondary N) is 2. The van der Waals surface area contributed by atoms with Crippen molar-refractivity contribution in [1.82, 2.24) is 25.5 Å². The Kier molecular flexibility index (Phi) is 6.24. The molecule has 3 amide bonds. The highest BCUT2D eigenvalue weighted by molar-refractivity contribution is 6.03. The molecule has 188 valence electrons. The number of aromatic amines is 1. The van der Waals surface area contributed by atoms with Crippen LogP contribution in [0.25, 0.3) is 0 Å². The number of amides is 3. The van der Waals surface area contributed by atoms with Crippen LogP contribution in [0.4, 0.5) is 16.4 Å². The summed E-state index contributed by atoms with van der Waals surface area (Å²) in [6.07, 6.45) is 4.22. The molecule has 0 radical (unpaired) electrons. The smallest absolute Gasteiger partial charge is 0.313 e. The summed E-state index contributed by atoms with van der Waals surface area (Å²) in [7, 11) is 0. The molecule has 2 fully saturated rings. The Balaban J connectivity index is 1.36. The average Bonchev–Trinajstić information content (AvgIpc) is 3.47. The van der Waals surface area contributed by atoms with E-state index in [0.717, 1.165) is 36.9 Å². The molecule has 2 N–H and O–H groups in total. The summed E-state index contributed by atoms with van der Waals surface area (Å²) in [5, 5.41) is 15.8. The van der Waals surface area contributed by atoms with Gasteiger partial charge < -0.3 is 4.90 Å². The molecule has 36 heavy (non-hydrogen) atoms. The zero-order chi connectivity index (χ0) is 25.3. The molecule has 9 heteroatoms. The van der Waals surface area contributed by atoms with E-state index in [-0.39, 0.29) is 28.8 Å². The van der Waals surface area contributed by atoms with Crippen molar-refractivity contribution >= 4 is 23.6 Å². The summed E-state index contributed by atoms with van der Waals surface area (Å²) in [5.41, 5.74) is 2.50. The van der Waals surface area contributed by atoms with Crippen LogP contribution in [0.1, 0.15) is 62.4 Å². The molecule has 5 rings (SSSR count). The first-order valence-corrected chi connectivity index (χ1v) is 12.5. The Hall–Kier alpha value is -3.75. The molecule has 1 aliphatic carbocycles. The summed E-state index contributed by atoms with van der Waals surface area (Å²) in [4.78, 5) is 30.3. The molecule has 1 aliphatic heterocycles. The Morgan fingerprint density at radius 3 is 2.39 bits per heavy atom. The molecule has 1 saturated carbocycles. The lowest BCUT2D eigenvalue weighted by Crippen LogP contribution is -2.50. The van der Waals surface area contributed by atoms with Crippen molar-refractivity contribution in [1.29, 1.82) is 0 Å². The van der Waals surface area contributed by atoms with E-state index in [1.54, 1.807) is 12.1 Å². The predicted molar refractivity (Wildman–Crippen MR) is 137 cm³/mol. The van der Waals surface area contributed by atoms with Crippen LogP contribution in [0.2, 0.25) is 0 Å². The summed E-state index contributed by atoms with van der Waals surface area (Å²) >= 11 is 0. The maximum Gasteiger partial charge on any atom is 0.325 e. The van der Waals surface area contributed by atoms with Crippen LogP contribution in [0.5, 0.6) is 0 Å². The Bertz CT molecular complexity index is 1200. The fourth-order valence-corrected chi connectivity index (χ4v) is 5.62. The van der Waals surface area contributed by atoms with Gasteiger partial charge in [-0.3, -0.25) is 15.0 Å². The largest absolute Gasteiger partial charge is 0.325 e. The highest BCUT2D eigenvalue weighted by Crippen LogP contribution is 2.47. The van der Waals surface area contributed by atoms with E-state index < -0.39 is 0 Å². The lowest BCUT2D eigenvalue weighted by Gasteiger charge is -2.45. The van der Waals surface area contributed by atoms with Gasteiger partial charge in [-0.25, -0.2) is 4.79 Å². The zero-order valence-corrected chi connectivity index (χ0v) is 21.1. The quantitative estimate of drug-likeness (QED) is 0.534. The number of H-pyrrole nitrogens is 1. The highest BCUT2D eigenvalue weighted by atomic mass is 16.2. The molecule has 2 aliphatic rings. The Labute approximate surface area is 211 Å². The molecule has 0 unspecified atom stereocenters. The number of nitrogens with zero attached hydrogens (tertiary/aromatic N) is 5. The molecule has 3 aromatic rings. The minimum Gasteiger partial charge on any atom is -0.313 e. The number of tetrazole rings is 1. The van der Waals surface area contributed by atoms with Crippen molar-refractivity contribution in [3.8, 4) is 0 Å². The van der Waals surface area contributed by atoms with Gasteiger partial charge in [-0.15, -0.1) is 5.10 Å². The molecular weight excluding hydrogens is 454 g/mol. The van der Waals surface area contributed by atoms with Crippen molar-refractivity contribution in [3.05, 3.63) is 65.7 Å². The Morgan fingerprint density at radius 2 is 1.78 bits per heavy atom.